The molecule has 4 rings (SSSR count). The zero-order valence-electron chi connectivity index (χ0n) is 13.9. The summed E-state index contributed by atoms with van der Waals surface area (Å²) in [6.45, 7) is 5.21. The number of H-pyrrole nitrogens is 1. The number of benzene rings is 1. The SMILES string of the molecule is COc1ccc2[nH]c(CN3CCN(c4ccncc4)CC3)cc2c1. The van der Waals surface area contributed by atoms with E-state index >= 15 is 0 Å². The van der Waals surface area contributed by atoms with Crippen LogP contribution in [0.15, 0.2) is 48.8 Å². The molecule has 1 aliphatic rings. The van der Waals surface area contributed by atoms with Gasteiger partial charge in [0.1, 0.15) is 5.75 Å². The Kier molecular flexibility index (Phi) is 4.09. The van der Waals surface area contributed by atoms with Crippen molar-refractivity contribution in [2.45, 2.75) is 6.54 Å². The molecule has 0 saturated carbocycles. The third kappa shape index (κ3) is 3.08. The van der Waals surface area contributed by atoms with Crippen LogP contribution in [0.3, 0.4) is 0 Å². The number of hydrogen-bond donors (Lipinski definition) is 1. The second-order valence-corrected chi connectivity index (χ2v) is 6.22. The van der Waals surface area contributed by atoms with Crippen molar-refractivity contribution < 1.29 is 4.74 Å². The predicted molar refractivity (Wildman–Crippen MR) is 96.6 cm³/mol. The minimum absolute atomic E-state index is 0.902. The highest BCUT2D eigenvalue weighted by atomic mass is 16.5. The van der Waals surface area contributed by atoms with Gasteiger partial charge < -0.3 is 14.6 Å². The highest BCUT2D eigenvalue weighted by Gasteiger charge is 2.17. The molecule has 0 aliphatic carbocycles. The van der Waals surface area contributed by atoms with Crippen LogP contribution in [0, 0.1) is 0 Å². The number of pyridine rings is 1. The van der Waals surface area contributed by atoms with Crippen LogP contribution in [-0.4, -0.2) is 48.2 Å². The molecule has 0 radical (unpaired) electrons. The van der Waals surface area contributed by atoms with Gasteiger partial charge in [0.15, 0.2) is 0 Å². The van der Waals surface area contributed by atoms with E-state index in [0.717, 1.165) is 38.5 Å². The number of nitrogens with one attached hydrogen (secondary N) is 1. The summed E-state index contributed by atoms with van der Waals surface area (Å²) in [6.07, 6.45) is 3.72. The average Bonchev–Trinajstić information content (AvgIpc) is 3.04. The summed E-state index contributed by atoms with van der Waals surface area (Å²) in [5.74, 6) is 0.902. The number of anilines is 1. The lowest BCUT2D eigenvalue weighted by atomic mass is 10.2. The summed E-state index contributed by atoms with van der Waals surface area (Å²) in [4.78, 5) is 12.5. The second kappa shape index (κ2) is 6.53. The maximum Gasteiger partial charge on any atom is 0.119 e. The van der Waals surface area contributed by atoms with Crippen molar-refractivity contribution in [3.05, 3.63) is 54.5 Å². The van der Waals surface area contributed by atoms with Crippen molar-refractivity contribution >= 4 is 16.6 Å². The Hall–Kier alpha value is -2.53. The number of nitrogens with zero attached hydrogens (tertiary/aromatic N) is 3. The molecule has 2 aromatic heterocycles. The zero-order chi connectivity index (χ0) is 16.4. The topological polar surface area (TPSA) is 44.4 Å². The van der Waals surface area contributed by atoms with Crippen molar-refractivity contribution in [2.75, 3.05) is 38.2 Å². The monoisotopic (exact) mass is 322 g/mol. The van der Waals surface area contributed by atoms with E-state index in [1.165, 1.54) is 22.3 Å². The molecule has 5 nitrogen and oxygen atoms in total. The van der Waals surface area contributed by atoms with E-state index in [1.807, 2.05) is 18.5 Å². The Morgan fingerprint density at radius 3 is 2.58 bits per heavy atom. The van der Waals surface area contributed by atoms with Crippen molar-refractivity contribution in [1.29, 1.82) is 0 Å². The molecule has 1 fully saturated rings. The van der Waals surface area contributed by atoms with Gasteiger partial charge in [0, 0.05) is 67.4 Å². The van der Waals surface area contributed by atoms with Gasteiger partial charge in [0.2, 0.25) is 0 Å². The molecular formula is C19H22N4O. The highest BCUT2D eigenvalue weighted by molar-refractivity contribution is 5.81. The van der Waals surface area contributed by atoms with Crippen LogP contribution in [0.5, 0.6) is 5.75 Å². The minimum atomic E-state index is 0.902. The second-order valence-electron chi connectivity index (χ2n) is 6.22. The number of aromatic amines is 1. The van der Waals surface area contributed by atoms with Gasteiger partial charge in [-0.2, -0.15) is 0 Å². The molecule has 0 amide bonds. The van der Waals surface area contributed by atoms with Gasteiger partial charge in [-0.3, -0.25) is 9.88 Å². The first-order valence-electron chi connectivity index (χ1n) is 8.35. The molecule has 3 heterocycles. The summed E-state index contributed by atoms with van der Waals surface area (Å²) in [6, 6.07) is 12.6. The van der Waals surface area contributed by atoms with Crippen LogP contribution in [0.4, 0.5) is 5.69 Å². The van der Waals surface area contributed by atoms with Gasteiger partial charge in [-0.05, 0) is 36.4 Å². The molecule has 5 heteroatoms. The minimum Gasteiger partial charge on any atom is -0.497 e. The largest absolute Gasteiger partial charge is 0.497 e. The Morgan fingerprint density at radius 1 is 1.04 bits per heavy atom. The number of methoxy groups -OCH3 is 1. The van der Waals surface area contributed by atoms with Crippen LogP contribution in [-0.2, 0) is 6.54 Å². The Bertz CT molecular complexity index is 807. The quantitative estimate of drug-likeness (QED) is 0.802. The summed E-state index contributed by atoms with van der Waals surface area (Å²) in [5.41, 5.74) is 3.69. The van der Waals surface area contributed by atoms with Gasteiger partial charge in [0.05, 0.1) is 7.11 Å². The Balaban J connectivity index is 1.40. The summed E-state index contributed by atoms with van der Waals surface area (Å²) < 4.78 is 5.30. The average molecular weight is 322 g/mol. The molecule has 124 valence electrons. The van der Waals surface area contributed by atoms with E-state index in [2.05, 4.69) is 50.1 Å². The number of ether oxygens (including phenoxy) is 1. The van der Waals surface area contributed by atoms with Crippen molar-refractivity contribution in [2.24, 2.45) is 0 Å². The normalized spacial score (nSPS) is 15.8. The van der Waals surface area contributed by atoms with Crippen molar-refractivity contribution in [3.63, 3.8) is 0 Å². The predicted octanol–water partition coefficient (Wildman–Crippen LogP) is 2.89. The number of hydrogen-bond acceptors (Lipinski definition) is 4. The maximum absolute atomic E-state index is 5.30. The molecule has 1 aromatic carbocycles. The van der Waals surface area contributed by atoms with Crippen LogP contribution in [0.2, 0.25) is 0 Å². The first-order chi connectivity index (χ1) is 11.8. The van der Waals surface area contributed by atoms with E-state index in [4.69, 9.17) is 4.74 Å². The van der Waals surface area contributed by atoms with Gasteiger partial charge in [0.25, 0.3) is 0 Å². The lowest BCUT2D eigenvalue weighted by Gasteiger charge is -2.35. The van der Waals surface area contributed by atoms with Gasteiger partial charge >= 0.3 is 0 Å². The zero-order valence-corrected chi connectivity index (χ0v) is 13.9. The van der Waals surface area contributed by atoms with Crippen molar-refractivity contribution in [3.8, 4) is 5.75 Å². The van der Waals surface area contributed by atoms with E-state index < -0.39 is 0 Å². The fourth-order valence-electron chi connectivity index (χ4n) is 3.34. The first-order valence-corrected chi connectivity index (χ1v) is 8.35. The summed E-state index contributed by atoms with van der Waals surface area (Å²) in [7, 11) is 1.71. The number of piperazine rings is 1. The third-order valence-electron chi connectivity index (χ3n) is 4.68. The van der Waals surface area contributed by atoms with Gasteiger partial charge in [-0.25, -0.2) is 0 Å². The fourth-order valence-corrected chi connectivity index (χ4v) is 3.34. The number of aromatic nitrogens is 2. The lowest BCUT2D eigenvalue weighted by Crippen LogP contribution is -2.46. The summed E-state index contributed by atoms with van der Waals surface area (Å²) >= 11 is 0. The molecular weight excluding hydrogens is 300 g/mol. The van der Waals surface area contributed by atoms with E-state index in [-0.39, 0.29) is 0 Å². The molecule has 1 saturated heterocycles. The molecule has 0 bridgehead atoms. The molecule has 1 aliphatic heterocycles. The van der Waals surface area contributed by atoms with Crippen LogP contribution < -0.4 is 9.64 Å². The standard InChI is InChI=1S/C19H22N4O/c1-24-18-2-3-19-15(13-18)12-16(21-19)14-22-8-10-23(11-9-22)17-4-6-20-7-5-17/h2-7,12-13,21H,8-11,14H2,1H3. The third-order valence-corrected chi connectivity index (χ3v) is 4.68. The van der Waals surface area contributed by atoms with Crippen molar-refractivity contribution in [1.82, 2.24) is 14.9 Å². The van der Waals surface area contributed by atoms with Gasteiger partial charge in [-0.1, -0.05) is 0 Å². The molecule has 3 aromatic rings. The highest BCUT2D eigenvalue weighted by Crippen LogP contribution is 2.22. The Labute approximate surface area is 141 Å². The molecule has 0 spiro atoms. The lowest BCUT2D eigenvalue weighted by molar-refractivity contribution is 0.247. The van der Waals surface area contributed by atoms with Crippen LogP contribution in [0.1, 0.15) is 5.69 Å². The van der Waals surface area contributed by atoms with Crippen LogP contribution >= 0.6 is 0 Å². The van der Waals surface area contributed by atoms with E-state index in [0.29, 0.717) is 0 Å². The summed E-state index contributed by atoms with van der Waals surface area (Å²) in [5, 5.41) is 1.21. The smallest absolute Gasteiger partial charge is 0.119 e. The van der Waals surface area contributed by atoms with Gasteiger partial charge in [-0.15, -0.1) is 0 Å². The molecule has 24 heavy (non-hydrogen) atoms. The molecule has 1 N–H and O–H groups in total. The fraction of sp³-hybridized carbons (Fsp3) is 0.316. The molecule has 0 atom stereocenters. The number of rotatable bonds is 4. The van der Waals surface area contributed by atoms with Crippen LogP contribution in [0.25, 0.3) is 10.9 Å². The maximum atomic E-state index is 5.30. The molecule has 0 unspecified atom stereocenters. The first kappa shape index (κ1) is 15.0. The van der Waals surface area contributed by atoms with E-state index in [1.54, 1.807) is 7.11 Å². The number of fused-ring (bicyclic) bond motifs is 1. The Morgan fingerprint density at radius 2 is 1.83 bits per heavy atom. The van der Waals surface area contributed by atoms with E-state index in [9.17, 15) is 0 Å².